The average molecular weight is 267 g/mol. The maximum absolute atomic E-state index is 5.94. The summed E-state index contributed by atoms with van der Waals surface area (Å²) in [6.45, 7) is 7.00. The second kappa shape index (κ2) is 4.64. The van der Waals surface area contributed by atoms with Gasteiger partial charge in [-0.3, -0.25) is 0 Å². The van der Waals surface area contributed by atoms with Crippen LogP contribution in [0.2, 0.25) is 0 Å². The number of nitrogens with two attached hydrogens (primary N) is 1. The molecule has 0 aliphatic carbocycles. The Morgan fingerprint density at radius 2 is 1.95 bits per heavy atom. The van der Waals surface area contributed by atoms with E-state index in [0.717, 1.165) is 12.2 Å². The van der Waals surface area contributed by atoms with Gasteiger partial charge < -0.3 is 10.5 Å². The SMILES string of the molecule is Cc1cc(CN)ccc1-c1ccc2c(c1)CC(C)(C)O2. The summed E-state index contributed by atoms with van der Waals surface area (Å²) in [5.74, 6) is 1.02. The first kappa shape index (κ1) is 13.2. The molecular weight excluding hydrogens is 246 g/mol. The van der Waals surface area contributed by atoms with Crippen molar-refractivity contribution in [1.29, 1.82) is 0 Å². The lowest BCUT2D eigenvalue weighted by atomic mass is 9.95. The van der Waals surface area contributed by atoms with Crippen molar-refractivity contribution in [3.63, 3.8) is 0 Å². The Balaban J connectivity index is 2.01. The molecule has 0 saturated heterocycles. The maximum atomic E-state index is 5.94. The molecule has 0 spiro atoms. The number of ether oxygens (including phenoxy) is 1. The molecule has 2 aromatic rings. The summed E-state index contributed by atoms with van der Waals surface area (Å²) in [6, 6.07) is 12.9. The number of fused-ring (bicyclic) bond motifs is 1. The van der Waals surface area contributed by atoms with Gasteiger partial charge in [0, 0.05) is 13.0 Å². The highest BCUT2D eigenvalue weighted by atomic mass is 16.5. The first-order chi connectivity index (χ1) is 9.48. The highest BCUT2D eigenvalue weighted by Crippen LogP contribution is 2.37. The second-order valence-corrected chi connectivity index (χ2v) is 6.21. The molecule has 2 nitrogen and oxygen atoms in total. The first-order valence-electron chi connectivity index (χ1n) is 7.10. The normalized spacial score (nSPS) is 15.8. The third kappa shape index (κ3) is 2.32. The highest BCUT2D eigenvalue weighted by Gasteiger charge is 2.29. The van der Waals surface area contributed by atoms with Crippen molar-refractivity contribution in [3.05, 3.63) is 53.1 Å². The molecule has 0 fully saturated rings. The van der Waals surface area contributed by atoms with Crippen LogP contribution in [-0.4, -0.2) is 5.60 Å². The molecule has 1 aliphatic rings. The van der Waals surface area contributed by atoms with Gasteiger partial charge in [0.05, 0.1) is 0 Å². The zero-order chi connectivity index (χ0) is 14.3. The Hall–Kier alpha value is -1.80. The van der Waals surface area contributed by atoms with Crippen LogP contribution in [0.5, 0.6) is 5.75 Å². The summed E-state index contributed by atoms with van der Waals surface area (Å²) in [7, 11) is 0. The minimum absolute atomic E-state index is 0.0839. The lowest BCUT2D eigenvalue weighted by Crippen LogP contribution is -2.24. The zero-order valence-electron chi connectivity index (χ0n) is 12.4. The lowest BCUT2D eigenvalue weighted by Gasteiger charge is -2.16. The van der Waals surface area contributed by atoms with E-state index in [1.807, 2.05) is 0 Å². The zero-order valence-corrected chi connectivity index (χ0v) is 12.4. The molecule has 2 heteroatoms. The van der Waals surface area contributed by atoms with Gasteiger partial charge in [-0.1, -0.05) is 24.3 Å². The van der Waals surface area contributed by atoms with Crippen molar-refractivity contribution in [1.82, 2.24) is 0 Å². The Bertz CT molecular complexity index is 658. The molecular formula is C18H21NO. The molecule has 1 heterocycles. The molecule has 0 saturated carbocycles. The maximum Gasteiger partial charge on any atom is 0.123 e. The number of benzene rings is 2. The molecule has 3 rings (SSSR count). The van der Waals surface area contributed by atoms with Gasteiger partial charge in [-0.15, -0.1) is 0 Å². The van der Waals surface area contributed by atoms with E-state index < -0.39 is 0 Å². The van der Waals surface area contributed by atoms with Crippen LogP contribution in [0.15, 0.2) is 36.4 Å². The van der Waals surface area contributed by atoms with E-state index in [1.165, 1.54) is 27.8 Å². The Kier molecular flexibility index (Phi) is 3.06. The number of rotatable bonds is 2. The average Bonchev–Trinajstić information content (AvgIpc) is 2.71. The van der Waals surface area contributed by atoms with Crippen LogP contribution in [0.3, 0.4) is 0 Å². The fraction of sp³-hybridized carbons (Fsp3) is 0.333. The molecule has 0 radical (unpaired) electrons. The molecule has 2 aromatic carbocycles. The van der Waals surface area contributed by atoms with E-state index >= 15 is 0 Å². The predicted molar refractivity (Wildman–Crippen MR) is 82.9 cm³/mol. The number of hydrogen-bond acceptors (Lipinski definition) is 2. The molecule has 0 atom stereocenters. The van der Waals surface area contributed by atoms with E-state index in [2.05, 4.69) is 57.2 Å². The third-order valence-electron chi connectivity index (χ3n) is 3.90. The van der Waals surface area contributed by atoms with E-state index in [-0.39, 0.29) is 5.60 Å². The largest absolute Gasteiger partial charge is 0.487 e. The summed E-state index contributed by atoms with van der Waals surface area (Å²) in [4.78, 5) is 0. The summed E-state index contributed by atoms with van der Waals surface area (Å²) in [5.41, 5.74) is 11.9. The standard InChI is InChI=1S/C18H21NO/c1-12-8-13(11-19)4-6-16(12)14-5-7-17-15(9-14)10-18(2,3)20-17/h4-9H,10-11,19H2,1-3H3. The van der Waals surface area contributed by atoms with Crippen LogP contribution in [0.25, 0.3) is 11.1 Å². The lowest BCUT2D eigenvalue weighted by molar-refractivity contribution is 0.138. The van der Waals surface area contributed by atoms with Crippen LogP contribution < -0.4 is 10.5 Å². The van der Waals surface area contributed by atoms with Crippen molar-refractivity contribution >= 4 is 0 Å². The van der Waals surface area contributed by atoms with Gasteiger partial charge in [-0.05, 0) is 60.7 Å². The Morgan fingerprint density at radius 1 is 1.15 bits per heavy atom. The second-order valence-electron chi connectivity index (χ2n) is 6.21. The molecule has 1 aliphatic heterocycles. The van der Waals surface area contributed by atoms with Crippen molar-refractivity contribution in [3.8, 4) is 16.9 Å². The van der Waals surface area contributed by atoms with Crippen molar-refractivity contribution in [2.75, 3.05) is 0 Å². The van der Waals surface area contributed by atoms with E-state index in [4.69, 9.17) is 10.5 Å². The highest BCUT2D eigenvalue weighted by molar-refractivity contribution is 5.69. The van der Waals surface area contributed by atoms with Crippen LogP contribution in [0, 0.1) is 6.92 Å². The van der Waals surface area contributed by atoms with Crippen LogP contribution in [0.4, 0.5) is 0 Å². The monoisotopic (exact) mass is 267 g/mol. The van der Waals surface area contributed by atoms with Crippen LogP contribution >= 0.6 is 0 Å². The smallest absolute Gasteiger partial charge is 0.123 e. The van der Waals surface area contributed by atoms with Gasteiger partial charge in [-0.2, -0.15) is 0 Å². The molecule has 2 N–H and O–H groups in total. The molecule has 20 heavy (non-hydrogen) atoms. The topological polar surface area (TPSA) is 35.2 Å². The summed E-state index contributed by atoms with van der Waals surface area (Å²) >= 11 is 0. The van der Waals surface area contributed by atoms with E-state index in [9.17, 15) is 0 Å². The van der Waals surface area contributed by atoms with Gasteiger partial charge in [-0.25, -0.2) is 0 Å². The molecule has 0 unspecified atom stereocenters. The third-order valence-corrected chi connectivity index (χ3v) is 3.90. The molecule has 0 aromatic heterocycles. The Morgan fingerprint density at radius 3 is 2.65 bits per heavy atom. The quantitative estimate of drug-likeness (QED) is 0.897. The van der Waals surface area contributed by atoms with Gasteiger partial charge in [0.25, 0.3) is 0 Å². The van der Waals surface area contributed by atoms with Crippen molar-refractivity contribution in [2.45, 2.75) is 39.3 Å². The summed E-state index contributed by atoms with van der Waals surface area (Å²) in [5, 5.41) is 0. The predicted octanol–water partition coefficient (Wildman–Crippen LogP) is 3.83. The minimum atomic E-state index is -0.0839. The van der Waals surface area contributed by atoms with Gasteiger partial charge in [0.15, 0.2) is 0 Å². The Labute approximate surface area is 120 Å². The molecule has 104 valence electrons. The minimum Gasteiger partial charge on any atom is -0.487 e. The fourth-order valence-corrected chi connectivity index (χ4v) is 2.95. The van der Waals surface area contributed by atoms with Crippen molar-refractivity contribution < 1.29 is 4.74 Å². The number of aryl methyl sites for hydroxylation is 1. The van der Waals surface area contributed by atoms with Gasteiger partial charge in [0.1, 0.15) is 11.4 Å². The summed E-state index contributed by atoms with van der Waals surface area (Å²) in [6.07, 6.45) is 0.968. The molecule has 0 bridgehead atoms. The van der Waals surface area contributed by atoms with Gasteiger partial charge >= 0.3 is 0 Å². The van der Waals surface area contributed by atoms with E-state index in [1.54, 1.807) is 0 Å². The summed E-state index contributed by atoms with van der Waals surface area (Å²) < 4.78 is 5.94. The van der Waals surface area contributed by atoms with Crippen molar-refractivity contribution in [2.24, 2.45) is 5.73 Å². The van der Waals surface area contributed by atoms with Crippen LogP contribution in [0.1, 0.15) is 30.5 Å². The van der Waals surface area contributed by atoms with Crippen LogP contribution in [-0.2, 0) is 13.0 Å². The van der Waals surface area contributed by atoms with Gasteiger partial charge in [0.2, 0.25) is 0 Å². The fourth-order valence-electron chi connectivity index (χ4n) is 2.95. The molecule has 0 amide bonds. The number of hydrogen-bond donors (Lipinski definition) is 1. The first-order valence-corrected chi connectivity index (χ1v) is 7.10. The van der Waals surface area contributed by atoms with E-state index in [0.29, 0.717) is 6.54 Å².